The van der Waals surface area contributed by atoms with Crippen molar-refractivity contribution in [2.45, 2.75) is 32.3 Å². The molecule has 1 amide bonds. The van der Waals surface area contributed by atoms with Crippen molar-refractivity contribution in [3.8, 4) is 0 Å². The molecule has 1 N–H and O–H groups in total. The molecule has 1 aliphatic heterocycles. The van der Waals surface area contributed by atoms with E-state index in [4.69, 9.17) is 4.74 Å². The Morgan fingerprint density at radius 1 is 1.53 bits per heavy atom. The van der Waals surface area contributed by atoms with Crippen LogP contribution in [0.2, 0.25) is 0 Å². The number of nitrogens with zero attached hydrogens (tertiary/aromatic N) is 2. The molecule has 2 heterocycles. The first-order valence-electron chi connectivity index (χ1n) is 6.66. The SMILES string of the molecule is CCN(C[C@@H]1CCCCO1)C(=O)c1cncc(=O)[nH]1. The van der Waals surface area contributed by atoms with Gasteiger partial charge >= 0.3 is 0 Å². The quantitative estimate of drug-likeness (QED) is 0.873. The monoisotopic (exact) mass is 265 g/mol. The number of carbonyl (C=O) groups is 1. The molecule has 0 saturated carbocycles. The summed E-state index contributed by atoms with van der Waals surface area (Å²) in [5.74, 6) is -0.207. The van der Waals surface area contributed by atoms with E-state index in [1.807, 2.05) is 6.92 Å². The molecule has 0 bridgehead atoms. The summed E-state index contributed by atoms with van der Waals surface area (Å²) in [5.41, 5.74) is -0.138. The lowest BCUT2D eigenvalue weighted by Gasteiger charge is -2.29. The van der Waals surface area contributed by atoms with Gasteiger partial charge in [-0.2, -0.15) is 0 Å². The largest absolute Gasteiger partial charge is 0.376 e. The van der Waals surface area contributed by atoms with Gasteiger partial charge < -0.3 is 14.6 Å². The number of amides is 1. The van der Waals surface area contributed by atoms with E-state index in [1.54, 1.807) is 4.90 Å². The number of carbonyl (C=O) groups excluding carboxylic acids is 1. The lowest BCUT2D eigenvalue weighted by atomic mass is 10.1. The van der Waals surface area contributed by atoms with Gasteiger partial charge in [-0.3, -0.25) is 14.6 Å². The highest BCUT2D eigenvalue weighted by atomic mass is 16.5. The van der Waals surface area contributed by atoms with Gasteiger partial charge in [0.1, 0.15) is 5.69 Å². The predicted octanol–water partition coefficient (Wildman–Crippen LogP) is 0.801. The molecule has 0 radical (unpaired) electrons. The number of nitrogens with one attached hydrogen (secondary N) is 1. The molecule has 1 aromatic rings. The molecular weight excluding hydrogens is 246 g/mol. The number of rotatable bonds is 4. The molecule has 0 unspecified atom stereocenters. The summed E-state index contributed by atoms with van der Waals surface area (Å²) in [6.45, 7) is 3.82. The van der Waals surface area contributed by atoms with Crippen molar-refractivity contribution in [3.63, 3.8) is 0 Å². The zero-order chi connectivity index (χ0) is 13.7. The number of H-pyrrole nitrogens is 1. The Labute approximate surface area is 111 Å². The van der Waals surface area contributed by atoms with Crippen LogP contribution >= 0.6 is 0 Å². The molecule has 0 spiro atoms. The zero-order valence-corrected chi connectivity index (χ0v) is 11.1. The molecule has 1 atom stereocenters. The first kappa shape index (κ1) is 13.7. The summed E-state index contributed by atoms with van der Waals surface area (Å²) in [6, 6.07) is 0. The Morgan fingerprint density at radius 2 is 2.37 bits per heavy atom. The molecular formula is C13H19N3O3. The standard InChI is InChI=1S/C13H19N3O3/c1-2-16(9-10-5-3-4-6-19-10)13(18)11-7-14-8-12(17)15-11/h7-8,10H,2-6,9H2,1H3,(H,15,17)/t10-/m0/s1. The molecule has 1 fully saturated rings. The van der Waals surface area contributed by atoms with E-state index in [0.717, 1.165) is 32.1 Å². The van der Waals surface area contributed by atoms with E-state index in [0.29, 0.717) is 13.1 Å². The Hall–Kier alpha value is -1.69. The maximum Gasteiger partial charge on any atom is 0.272 e. The predicted molar refractivity (Wildman–Crippen MR) is 70.0 cm³/mol. The van der Waals surface area contributed by atoms with Gasteiger partial charge in [0.25, 0.3) is 11.5 Å². The molecule has 6 nitrogen and oxygen atoms in total. The summed E-state index contributed by atoms with van der Waals surface area (Å²) < 4.78 is 5.64. The van der Waals surface area contributed by atoms with Crippen LogP contribution in [-0.2, 0) is 4.74 Å². The number of hydrogen-bond donors (Lipinski definition) is 1. The number of aromatic nitrogens is 2. The molecule has 2 rings (SSSR count). The number of aromatic amines is 1. The highest BCUT2D eigenvalue weighted by Gasteiger charge is 2.21. The van der Waals surface area contributed by atoms with Crippen molar-refractivity contribution >= 4 is 5.91 Å². The Bertz CT molecular complexity index is 480. The maximum atomic E-state index is 12.3. The molecule has 104 valence electrons. The van der Waals surface area contributed by atoms with Gasteiger partial charge in [0.15, 0.2) is 0 Å². The molecule has 19 heavy (non-hydrogen) atoms. The fourth-order valence-electron chi connectivity index (χ4n) is 2.21. The number of likely N-dealkylation sites (N-methyl/N-ethyl adjacent to an activating group) is 1. The van der Waals surface area contributed by atoms with Gasteiger partial charge in [-0.1, -0.05) is 0 Å². The molecule has 1 aromatic heterocycles. The topological polar surface area (TPSA) is 75.3 Å². The van der Waals surface area contributed by atoms with Crippen LogP contribution < -0.4 is 5.56 Å². The third-order valence-electron chi connectivity index (χ3n) is 3.25. The van der Waals surface area contributed by atoms with Gasteiger partial charge in [-0.15, -0.1) is 0 Å². The van der Waals surface area contributed by atoms with Crippen molar-refractivity contribution in [1.29, 1.82) is 0 Å². The van der Waals surface area contributed by atoms with Crippen LogP contribution in [0.3, 0.4) is 0 Å². The normalized spacial score (nSPS) is 19.1. The fraction of sp³-hybridized carbons (Fsp3) is 0.615. The Kier molecular flexibility index (Phi) is 4.68. The summed E-state index contributed by atoms with van der Waals surface area (Å²) in [5, 5.41) is 0. The van der Waals surface area contributed by atoms with Crippen LogP contribution in [0.5, 0.6) is 0 Å². The minimum Gasteiger partial charge on any atom is -0.376 e. The van der Waals surface area contributed by atoms with Crippen LogP contribution in [0.4, 0.5) is 0 Å². The van der Waals surface area contributed by atoms with E-state index >= 15 is 0 Å². The van der Waals surface area contributed by atoms with Crippen molar-refractivity contribution < 1.29 is 9.53 Å². The zero-order valence-electron chi connectivity index (χ0n) is 11.1. The average Bonchev–Trinajstić information content (AvgIpc) is 2.45. The van der Waals surface area contributed by atoms with Gasteiger partial charge in [0, 0.05) is 19.7 Å². The highest BCUT2D eigenvalue weighted by Crippen LogP contribution is 2.14. The minimum atomic E-state index is -0.365. The van der Waals surface area contributed by atoms with Crippen LogP contribution in [-0.4, -0.2) is 46.6 Å². The van der Waals surface area contributed by atoms with E-state index in [1.165, 1.54) is 6.20 Å². The second kappa shape index (κ2) is 6.47. The second-order valence-corrected chi connectivity index (χ2v) is 4.64. The van der Waals surface area contributed by atoms with Crippen LogP contribution in [0.15, 0.2) is 17.2 Å². The molecule has 6 heteroatoms. The lowest BCUT2D eigenvalue weighted by molar-refractivity contribution is -0.00324. The van der Waals surface area contributed by atoms with Crippen LogP contribution in [0.1, 0.15) is 36.7 Å². The smallest absolute Gasteiger partial charge is 0.272 e. The molecule has 1 saturated heterocycles. The minimum absolute atomic E-state index is 0.0982. The van der Waals surface area contributed by atoms with Crippen molar-refractivity contribution in [3.05, 3.63) is 28.4 Å². The maximum absolute atomic E-state index is 12.3. The van der Waals surface area contributed by atoms with E-state index < -0.39 is 0 Å². The lowest BCUT2D eigenvalue weighted by Crippen LogP contribution is -2.40. The first-order valence-corrected chi connectivity index (χ1v) is 6.66. The second-order valence-electron chi connectivity index (χ2n) is 4.64. The van der Waals surface area contributed by atoms with Gasteiger partial charge in [-0.05, 0) is 26.2 Å². The third-order valence-corrected chi connectivity index (χ3v) is 3.25. The van der Waals surface area contributed by atoms with E-state index in [2.05, 4.69) is 9.97 Å². The van der Waals surface area contributed by atoms with Gasteiger partial charge in [0.2, 0.25) is 0 Å². The Morgan fingerprint density at radius 3 is 3.00 bits per heavy atom. The molecule has 0 aliphatic carbocycles. The van der Waals surface area contributed by atoms with Crippen molar-refractivity contribution in [2.75, 3.05) is 19.7 Å². The molecule has 0 aromatic carbocycles. The molecule has 1 aliphatic rings. The van der Waals surface area contributed by atoms with Crippen LogP contribution in [0, 0.1) is 0 Å². The fourth-order valence-corrected chi connectivity index (χ4v) is 2.21. The average molecular weight is 265 g/mol. The van der Waals surface area contributed by atoms with Gasteiger partial charge in [0.05, 0.1) is 18.5 Å². The van der Waals surface area contributed by atoms with Gasteiger partial charge in [-0.25, -0.2) is 0 Å². The number of hydrogen-bond acceptors (Lipinski definition) is 4. The van der Waals surface area contributed by atoms with E-state index in [-0.39, 0.29) is 23.3 Å². The first-order chi connectivity index (χ1) is 9.20. The highest BCUT2D eigenvalue weighted by molar-refractivity contribution is 5.91. The van der Waals surface area contributed by atoms with Crippen molar-refractivity contribution in [1.82, 2.24) is 14.9 Å². The van der Waals surface area contributed by atoms with Crippen LogP contribution in [0.25, 0.3) is 0 Å². The van der Waals surface area contributed by atoms with E-state index in [9.17, 15) is 9.59 Å². The summed E-state index contributed by atoms with van der Waals surface area (Å²) in [7, 11) is 0. The van der Waals surface area contributed by atoms with Crippen molar-refractivity contribution in [2.24, 2.45) is 0 Å². The summed E-state index contributed by atoms with van der Waals surface area (Å²) >= 11 is 0. The Balaban J connectivity index is 2.04. The number of ether oxygens (including phenoxy) is 1. The summed E-state index contributed by atoms with van der Waals surface area (Å²) in [4.78, 5) is 31.4. The summed E-state index contributed by atoms with van der Waals surface area (Å²) in [6.07, 6.45) is 5.84. The third kappa shape index (κ3) is 3.64.